The van der Waals surface area contributed by atoms with Gasteiger partial charge in [-0.05, 0) is 29.8 Å². The summed E-state index contributed by atoms with van der Waals surface area (Å²) in [6.07, 6.45) is 0. The average Bonchev–Trinajstić information content (AvgIpc) is 3.02. The second-order valence-corrected chi connectivity index (χ2v) is 5.91. The summed E-state index contributed by atoms with van der Waals surface area (Å²) in [7, 11) is 1.60. The largest absolute Gasteiger partial charge is 0.378 e. The van der Waals surface area contributed by atoms with Crippen LogP contribution in [0.3, 0.4) is 0 Å². The Hall–Kier alpha value is -3.25. The maximum absolute atomic E-state index is 13.2. The molecule has 0 unspecified atom stereocenters. The third-order valence-electron chi connectivity index (χ3n) is 4.18. The standard InChI is InChI=1S/C20H16FN3O2/c1-26-12-17-19(14-5-3-2-4-6-14)20-22-16(11-18(25)24(20)23-17)13-7-9-15(21)10-8-13/h2-11,23H,12H2,1H3. The monoisotopic (exact) mass is 349 g/mol. The molecule has 0 radical (unpaired) electrons. The molecule has 2 aromatic carbocycles. The van der Waals surface area contributed by atoms with E-state index in [0.29, 0.717) is 23.5 Å². The predicted molar refractivity (Wildman–Crippen MR) is 97.4 cm³/mol. The Labute approximate surface area is 148 Å². The first-order valence-corrected chi connectivity index (χ1v) is 8.12. The summed E-state index contributed by atoms with van der Waals surface area (Å²) in [5.74, 6) is -0.333. The van der Waals surface area contributed by atoms with Gasteiger partial charge in [-0.2, -0.15) is 0 Å². The molecule has 0 atom stereocenters. The van der Waals surface area contributed by atoms with Gasteiger partial charge in [-0.25, -0.2) is 13.9 Å². The summed E-state index contributed by atoms with van der Waals surface area (Å²) in [5.41, 5.74) is 3.95. The first kappa shape index (κ1) is 16.2. The highest BCUT2D eigenvalue weighted by molar-refractivity contribution is 5.81. The summed E-state index contributed by atoms with van der Waals surface area (Å²) < 4.78 is 19.9. The van der Waals surface area contributed by atoms with Gasteiger partial charge in [0.15, 0.2) is 5.65 Å². The third-order valence-corrected chi connectivity index (χ3v) is 4.18. The van der Waals surface area contributed by atoms with E-state index in [4.69, 9.17) is 4.74 Å². The molecule has 4 aromatic rings. The van der Waals surface area contributed by atoms with Crippen LogP contribution in [0.1, 0.15) is 5.69 Å². The fourth-order valence-electron chi connectivity index (χ4n) is 3.01. The summed E-state index contributed by atoms with van der Waals surface area (Å²) >= 11 is 0. The molecule has 0 saturated carbocycles. The number of hydrogen-bond acceptors (Lipinski definition) is 3. The van der Waals surface area contributed by atoms with Crippen LogP contribution in [-0.2, 0) is 11.3 Å². The molecule has 0 fully saturated rings. The highest BCUT2D eigenvalue weighted by atomic mass is 19.1. The van der Waals surface area contributed by atoms with E-state index in [1.54, 1.807) is 19.2 Å². The number of H-pyrrole nitrogens is 1. The van der Waals surface area contributed by atoms with Crippen LogP contribution in [0.4, 0.5) is 4.39 Å². The Balaban J connectivity index is 2.00. The summed E-state index contributed by atoms with van der Waals surface area (Å²) in [6, 6.07) is 17.1. The van der Waals surface area contributed by atoms with Crippen LogP contribution < -0.4 is 5.56 Å². The zero-order valence-corrected chi connectivity index (χ0v) is 14.1. The van der Waals surface area contributed by atoms with Crippen molar-refractivity contribution in [2.24, 2.45) is 0 Å². The lowest BCUT2D eigenvalue weighted by Crippen LogP contribution is -2.14. The number of benzene rings is 2. The molecule has 0 aliphatic rings. The van der Waals surface area contributed by atoms with E-state index in [1.807, 2.05) is 30.3 Å². The first-order chi connectivity index (χ1) is 12.7. The fraction of sp³-hybridized carbons (Fsp3) is 0.100. The van der Waals surface area contributed by atoms with Gasteiger partial charge in [0.2, 0.25) is 0 Å². The number of nitrogens with one attached hydrogen (secondary N) is 1. The molecule has 0 saturated heterocycles. The lowest BCUT2D eigenvalue weighted by atomic mass is 10.1. The Kier molecular flexibility index (Phi) is 4.10. The van der Waals surface area contributed by atoms with Crippen molar-refractivity contribution in [3.05, 3.63) is 82.5 Å². The van der Waals surface area contributed by atoms with Gasteiger partial charge in [-0.15, -0.1) is 0 Å². The van der Waals surface area contributed by atoms with E-state index >= 15 is 0 Å². The molecule has 0 amide bonds. The number of halogens is 1. The predicted octanol–water partition coefficient (Wildman–Crippen LogP) is 3.64. The lowest BCUT2D eigenvalue weighted by molar-refractivity contribution is 0.181. The van der Waals surface area contributed by atoms with Gasteiger partial charge in [0.05, 0.1) is 18.0 Å². The highest BCUT2D eigenvalue weighted by Crippen LogP contribution is 2.28. The van der Waals surface area contributed by atoms with E-state index in [0.717, 1.165) is 16.8 Å². The molecule has 1 N–H and O–H groups in total. The van der Waals surface area contributed by atoms with Crippen molar-refractivity contribution in [2.45, 2.75) is 6.61 Å². The second-order valence-electron chi connectivity index (χ2n) is 5.91. The minimum absolute atomic E-state index is 0.242. The molecule has 0 spiro atoms. The normalized spacial score (nSPS) is 11.2. The van der Waals surface area contributed by atoms with Gasteiger partial charge < -0.3 is 4.74 Å². The number of aromatic amines is 1. The van der Waals surface area contributed by atoms with Crippen molar-refractivity contribution in [1.29, 1.82) is 0 Å². The SMILES string of the molecule is COCc1[nH]n2c(=O)cc(-c3ccc(F)cc3)nc2c1-c1ccccc1. The zero-order valence-electron chi connectivity index (χ0n) is 14.1. The van der Waals surface area contributed by atoms with Crippen molar-refractivity contribution in [2.75, 3.05) is 7.11 Å². The van der Waals surface area contributed by atoms with E-state index in [9.17, 15) is 9.18 Å². The number of methoxy groups -OCH3 is 1. The van der Waals surface area contributed by atoms with Gasteiger partial charge in [0.25, 0.3) is 5.56 Å². The van der Waals surface area contributed by atoms with Crippen LogP contribution in [0.25, 0.3) is 28.0 Å². The Morgan fingerprint density at radius 1 is 1.08 bits per heavy atom. The van der Waals surface area contributed by atoms with E-state index in [-0.39, 0.29) is 11.4 Å². The van der Waals surface area contributed by atoms with E-state index in [2.05, 4.69) is 10.1 Å². The molecule has 5 nitrogen and oxygen atoms in total. The molecule has 6 heteroatoms. The topological polar surface area (TPSA) is 59.4 Å². The lowest BCUT2D eigenvalue weighted by Gasteiger charge is -2.04. The highest BCUT2D eigenvalue weighted by Gasteiger charge is 2.17. The van der Waals surface area contributed by atoms with Crippen molar-refractivity contribution >= 4 is 5.65 Å². The quantitative estimate of drug-likeness (QED) is 0.612. The maximum Gasteiger partial charge on any atom is 0.273 e. The number of ether oxygens (including phenoxy) is 1. The molecule has 0 aliphatic heterocycles. The molecule has 2 heterocycles. The summed E-state index contributed by atoms with van der Waals surface area (Å²) in [5, 5.41) is 3.08. The van der Waals surface area contributed by atoms with Gasteiger partial charge in [0, 0.05) is 24.3 Å². The van der Waals surface area contributed by atoms with Gasteiger partial charge in [0.1, 0.15) is 5.82 Å². The van der Waals surface area contributed by atoms with Crippen LogP contribution in [0.5, 0.6) is 0 Å². The molecule has 130 valence electrons. The second kappa shape index (κ2) is 6.57. The van der Waals surface area contributed by atoms with E-state index < -0.39 is 0 Å². The smallest absolute Gasteiger partial charge is 0.273 e. The third kappa shape index (κ3) is 2.80. The minimum Gasteiger partial charge on any atom is -0.378 e. The number of nitrogens with zero attached hydrogens (tertiary/aromatic N) is 2. The zero-order chi connectivity index (χ0) is 18.1. The molecular formula is C20H16FN3O2. The number of rotatable bonds is 4. The molecule has 2 aromatic heterocycles. The molecule has 0 bridgehead atoms. The molecular weight excluding hydrogens is 333 g/mol. The minimum atomic E-state index is -0.333. The molecule has 26 heavy (non-hydrogen) atoms. The van der Waals surface area contributed by atoms with Crippen molar-refractivity contribution in [3.63, 3.8) is 0 Å². The van der Waals surface area contributed by atoms with Crippen molar-refractivity contribution in [3.8, 4) is 22.4 Å². The number of fused-ring (bicyclic) bond motifs is 1. The Morgan fingerprint density at radius 3 is 2.50 bits per heavy atom. The van der Waals surface area contributed by atoms with Crippen molar-refractivity contribution in [1.82, 2.24) is 14.6 Å². The van der Waals surface area contributed by atoms with Gasteiger partial charge in [-0.3, -0.25) is 9.89 Å². The van der Waals surface area contributed by atoms with Crippen LogP contribution in [-0.4, -0.2) is 21.7 Å². The number of hydrogen-bond donors (Lipinski definition) is 1. The van der Waals surface area contributed by atoms with Gasteiger partial charge in [-0.1, -0.05) is 30.3 Å². The Bertz CT molecular complexity index is 1120. The summed E-state index contributed by atoms with van der Waals surface area (Å²) in [6.45, 7) is 0.318. The average molecular weight is 349 g/mol. The van der Waals surface area contributed by atoms with E-state index in [1.165, 1.54) is 22.7 Å². The summed E-state index contributed by atoms with van der Waals surface area (Å²) in [4.78, 5) is 17.3. The maximum atomic E-state index is 13.2. The van der Waals surface area contributed by atoms with Crippen LogP contribution in [0.15, 0.2) is 65.5 Å². The van der Waals surface area contributed by atoms with Crippen LogP contribution >= 0.6 is 0 Å². The van der Waals surface area contributed by atoms with Crippen molar-refractivity contribution < 1.29 is 9.13 Å². The Morgan fingerprint density at radius 2 is 1.81 bits per heavy atom. The molecule has 4 rings (SSSR count). The fourth-order valence-corrected chi connectivity index (χ4v) is 3.01. The first-order valence-electron chi connectivity index (χ1n) is 8.12. The van der Waals surface area contributed by atoms with Crippen LogP contribution in [0, 0.1) is 5.82 Å². The van der Waals surface area contributed by atoms with Gasteiger partial charge >= 0.3 is 0 Å². The van der Waals surface area contributed by atoms with Crippen LogP contribution in [0.2, 0.25) is 0 Å². The number of aromatic nitrogens is 3. The molecule has 0 aliphatic carbocycles.